The molecule has 144 valence electrons. The third-order valence-electron chi connectivity index (χ3n) is 7.22. The minimum atomic E-state index is -0.454. The summed E-state index contributed by atoms with van der Waals surface area (Å²) in [6, 6.07) is 7.03. The van der Waals surface area contributed by atoms with Crippen molar-refractivity contribution in [1.82, 2.24) is 0 Å². The number of fused-ring (bicyclic) bond motifs is 1. The minimum absolute atomic E-state index is 0.00807. The molecule has 4 heteroatoms. The molecule has 2 fully saturated rings. The standard InChI is InChI=1S/C22H32O4/c1-15-8-9-19-21(2,12-10-20(25)22(19,3)14-23)16(15)11-13-26-18-7-5-4-6-17(18)24/h4-7,16,19-20,23-25H,1,8-14H2,2-3H3/t16-,19?,20-,21+,22+/m1/s1. The lowest BCUT2D eigenvalue weighted by atomic mass is 9.46. The number of para-hydroxylation sites is 2. The minimum Gasteiger partial charge on any atom is -0.504 e. The third kappa shape index (κ3) is 3.14. The molecule has 0 amide bonds. The quantitative estimate of drug-likeness (QED) is 0.697. The molecule has 2 saturated carbocycles. The Hall–Kier alpha value is -1.52. The van der Waals surface area contributed by atoms with Crippen molar-refractivity contribution >= 4 is 0 Å². The molecule has 0 saturated heterocycles. The van der Waals surface area contributed by atoms with Gasteiger partial charge in [-0.2, -0.15) is 0 Å². The van der Waals surface area contributed by atoms with Crippen molar-refractivity contribution in [1.29, 1.82) is 0 Å². The molecule has 5 atom stereocenters. The van der Waals surface area contributed by atoms with Crippen LogP contribution >= 0.6 is 0 Å². The summed E-state index contributed by atoms with van der Waals surface area (Å²) in [6.07, 6.45) is 3.94. The molecule has 0 aromatic heterocycles. The number of phenolic OH excluding ortho intramolecular Hbond substituents is 1. The van der Waals surface area contributed by atoms with E-state index < -0.39 is 11.5 Å². The third-order valence-corrected chi connectivity index (χ3v) is 7.22. The maximum atomic E-state index is 10.6. The Bertz CT molecular complexity index is 657. The number of allylic oxidation sites excluding steroid dienone is 1. The summed E-state index contributed by atoms with van der Waals surface area (Å²) < 4.78 is 5.82. The van der Waals surface area contributed by atoms with Gasteiger partial charge in [0.25, 0.3) is 0 Å². The molecule has 3 N–H and O–H groups in total. The van der Waals surface area contributed by atoms with Crippen LogP contribution in [0, 0.1) is 22.7 Å². The molecule has 0 spiro atoms. The maximum absolute atomic E-state index is 10.6. The highest BCUT2D eigenvalue weighted by atomic mass is 16.5. The van der Waals surface area contributed by atoms with Gasteiger partial charge in [-0.25, -0.2) is 0 Å². The van der Waals surface area contributed by atoms with Gasteiger partial charge in [0.1, 0.15) is 0 Å². The Morgan fingerprint density at radius 3 is 2.65 bits per heavy atom. The van der Waals surface area contributed by atoms with Crippen molar-refractivity contribution in [3.8, 4) is 11.5 Å². The molecule has 1 aromatic rings. The molecular weight excluding hydrogens is 328 g/mol. The van der Waals surface area contributed by atoms with Gasteiger partial charge in [-0.15, -0.1) is 0 Å². The van der Waals surface area contributed by atoms with Crippen molar-refractivity contribution in [2.45, 2.75) is 52.1 Å². The largest absolute Gasteiger partial charge is 0.504 e. The van der Waals surface area contributed by atoms with E-state index in [9.17, 15) is 15.3 Å². The molecule has 0 radical (unpaired) electrons. The van der Waals surface area contributed by atoms with Crippen LogP contribution in [0.3, 0.4) is 0 Å². The first kappa shape index (κ1) is 19.2. The van der Waals surface area contributed by atoms with E-state index in [-0.39, 0.29) is 23.7 Å². The van der Waals surface area contributed by atoms with Gasteiger partial charge in [0.2, 0.25) is 0 Å². The number of rotatable bonds is 5. The van der Waals surface area contributed by atoms with Crippen molar-refractivity contribution in [2.24, 2.45) is 22.7 Å². The predicted octanol–water partition coefficient (Wildman–Crippen LogP) is 3.90. The Morgan fingerprint density at radius 1 is 1.23 bits per heavy atom. The second-order valence-corrected chi connectivity index (χ2v) is 8.63. The second-order valence-electron chi connectivity index (χ2n) is 8.63. The van der Waals surface area contributed by atoms with Gasteiger partial charge in [-0.1, -0.05) is 38.1 Å². The molecule has 2 aliphatic carbocycles. The van der Waals surface area contributed by atoms with Gasteiger partial charge in [-0.05, 0) is 61.5 Å². The van der Waals surface area contributed by atoms with Crippen LogP contribution in [-0.4, -0.2) is 34.6 Å². The average Bonchev–Trinajstić information content (AvgIpc) is 2.62. The Labute approximate surface area is 156 Å². The fourth-order valence-corrected chi connectivity index (χ4v) is 5.60. The summed E-state index contributed by atoms with van der Waals surface area (Å²) in [4.78, 5) is 0. The van der Waals surface area contributed by atoms with Crippen molar-refractivity contribution in [2.75, 3.05) is 13.2 Å². The zero-order chi connectivity index (χ0) is 18.9. The molecule has 2 aliphatic rings. The lowest BCUT2D eigenvalue weighted by molar-refractivity contribution is -0.152. The molecule has 1 aromatic carbocycles. The fraction of sp³-hybridized carbons (Fsp3) is 0.636. The summed E-state index contributed by atoms with van der Waals surface area (Å²) in [6.45, 7) is 9.20. The number of ether oxygens (including phenoxy) is 1. The molecular formula is C22H32O4. The zero-order valence-corrected chi connectivity index (χ0v) is 15.9. The molecule has 4 nitrogen and oxygen atoms in total. The van der Waals surface area contributed by atoms with Crippen LogP contribution < -0.4 is 4.74 Å². The van der Waals surface area contributed by atoms with Gasteiger partial charge in [0.15, 0.2) is 11.5 Å². The predicted molar refractivity (Wildman–Crippen MR) is 102 cm³/mol. The average molecular weight is 360 g/mol. The van der Waals surface area contributed by atoms with Crippen molar-refractivity contribution in [3.63, 3.8) is 0 Å². The highest BCUT2D eigenvalue weighted by Gasteiger charge is 2.57. The number of hydrogen-bond donors (Lipinski definition) is 3. The van der Waals surface area contributed by atoms with Crippen LogP contribution in [0.4, 0.5) is 0 Å². The number of aliphatic hydroxyl groups excluding tert-OH is 2. The first-order valence-electron chi connectivity index (χ1n) is 9.70. The zero-order valence-electron chi connectivity index (χ0n) is 15.9. The number of phenols is 1. The SMILES string of the molecule is C=C1CCC2[C@](C)(CO)[C@H](O)CC[C@@]2(C)[C@@H]1CCOc1ccccc1O. The lowest BCUT2D eigenvalue weighted by Gasteiger charge is -2.60. The Balaban J connectivity index is 1.75. The van der Waals surface area contributed by atoms with E-state index >= 15 is 0 Å². The number of aliphatic hydroxyl groups is 2. The van der Waals surface area contributed by atoms with Gasteiger partial charge < -0.3 is 20.1 Å². The molecule has 0 aliphatic heterocycles. The van der Waals surface area contributed by atoms with Gasteiger partial charge >= 0.3 is 0 Å². The maximum Gasteiger partial charge on any atom is 0.160 e. The van der Waals surface area contributed by atoms with E-state index in [0.29, 0.717) is 24.7 Å². The Kier molecular flexibility index (Phi) is 5.36. The van der Waals surface area contributed by atoms with E-state index in [1.165, 1.54) is 5.57 Å². The lowest BCUT2D eigenvalue weighted by Crippen LogP contribution is -2.57. The first-order valence-corrected chi connectivity index (χ1v) is 9.70. The fourth-order valence-electron chi connectivity index (χ4n) is 5.60. The monoisotopic (exact) mass is 360 g/mol. The van der Waals surface area contributed by atoms with Crippen molar-refractivity contribution in [3.05, 3.63) is 36.4 Å². The van der Waals surface area contributed by atoms with Crippen LogP contribution in [0.2, 0.25) is 0 Å². The van der Waals surface area contributed by atoms with Crippen LogP contribution in [0.15, 0.2) is 36.4 Å². The van der Waals surface area contributed by atoms with Crippen LogP contribution in [0.25, 0.3) is 0 Å². The summed E-state index contributed by atoms with van der Waals surface area (Å²) in [7, 11) is 0. The summed E-state index contributed by atoms with van der Waals surface area (Å²) in [5.74, 6) is 1.23. The molecule has 1 unspecified atom stereocenters. The van der Waals surface area contributed by atoms with Gasteiger partial charge in [0, 0.05) is 5.41 Å². The van der Waals surface area contributed by atoms with Crippen LogP contribution in [0.1, 0.15) is 46.0 Å². The highest BCUT2D eigenvalue weighted by Crippen LogP contribution is 2.61. The molecule has 3 rings (SSSR count). The summed E-state index contributed by atoms with van der Waals surface area (Å²) >= 11 is 0. The van der Waals surface area contributed by atoms with Crippen LogP contribution in [-0.2, 0) is 0 Å². The van der Waals surface area contributed by atoms with Crippen LogP contribution in [0.5, 0.6) is 11.5 Å². The normalized spacial score (nSPS) is 37.2. The molecule has 26 heavy (non-hydrogen) atoms. The Morgan fingerprint density at radius 2 is 1.96 bits per heavy atom. The van der Waals surface area contributed by atoms with E-state index in [1.807, 2.05) is 13.0 Å². The van der Waals surface area contributed by atoms with Crippen molar-refractivity contribution < 1.29 is 20.1 Å². The number of hydrogen-bond acceptors (Lipinski definition) is 4. The topological polar surface area (TPSA) is 69.9 Å². The van der Waals surface area contributed by atoms with E-state index in [1.54, 1.807) is 18.2 Å². The molecule has 0 heterocycles. The summed E-state index contributed by atoms with van der Waals surface area (Å²) in [5, 5.41) is 30.5. The number of benzene rings is 1. The smallest absolute Gasteiger partial charge is 0.160 e. The highest BCUT2D eigenvalue weighted by molar-refractivity contribution is 5.37. The summed E-state index contributed by atoms with van der Waals surface area (Å²) in [5.41, 5.74) is 0.805. The second kappa shape index (κ2) is 7.24. The van der Waals surface area contributed by atoms with Gasteiger partial charge in [-0.3, -0.25) is 0 Å². The first-order chi connectivity index (χ1) is 12.3. The van der Waals surface area contributed by atoms with E-state index in [4.69, 9.17) is 4.74 Å². The molecule has 0 bridgehead atoms. The van der Waals surface area contributed by atoms with E-state index in [2.05, 4.69) is 13.5 Å². The number of aromatic hydroxyl groups is 1. The van der Waals surface area contributed by atoms with E-state index in [0.717, 1.165) is 25.7 Å². The van der Waals surface area contributed by atoms with Gasteiger partial charge in [0.05, 0.1) is 19.3 Å².